The van der Waals surface area contributed by atoms with E-state index >= 15 is 0 Å². The van der Waals surface area contributed by atoms with Gasteiger partial charge in [-0.3, -0.25) is 4.55 Å². The number of hydrogen-bond donors (Lipinski definition) is 1. The van der Waals surface area contributed by atoms with Gasteiger partial charge >= 0.3 is 0 Å². The number of nitrogens with zero attached hydrogens (tertiary/aromatic N) is 2. The molecule has 5 nitrogen and oxygen atoms in total. The van der Waals surface area contributed by atoms with Crippen LogP contribution in [0.25, 0.3) is 0 Å². The van der Waals surface area contributed by atoms with E-state index in [9.17, 15) is 8.42 Å². The molecule has 0 saturated heterocycles. The van der Waals surface area contributed by atoms with Gasteiger partial charge in [-0.1, -0.05) is 13.3 Å². The first-order chi connectivity index (χ1) is 6.45. The number of aryl methyl sites for hydroxylation is 1. The van der Waals surface area contributed by atoms with Crippen molar-refractivity contribution in [3.05, 3.63) is 18.7 Å². The van der Waals surface area contributed by atoms with Crippen LogP contribution in [0.2, 0.25) is 0 Å². The molecule has 0 aliphatic heterocycles. The summed E-state index contributed by atoms with van der Waals surface area (Å²) in [5.74, 6) is -0.108. The molecule has 0 fully saturated rings. The smallest absolute Gasteiger partial charge is 0.264 e. The Morgan fingerprint density at radius 1 is 1.47 bits per heavy atom. The van der Waals surface area contributed by atoms with Crippen LogP contribution in [0.1, 0.15) is 19.8 Å². The van der Waals surface area contributed by atoms with E-state index < -0.39 is 10.1 Å². The van der Waals surface area contributed by atoms with Gasteiger partial charge in [-0.05, 0) is 6.42 Å². The average molecular weight is 301 g/mol. The number of rotatable bonds is 3. The Bertz CT molecular complexity index is 324. The lowest BCUT2D eigenvalue weighted by molar-refractivity contribution is 0.480. The Morgan fingerprint density at radius 2 is 2.07 bits per heavy atom. The van der Waals surface area contributed by atoms with Crippen molar-refractivity contribution in [3.8, 4) is 0 Å². The Labute approximate surface area is 101 Å². The Morgan fingerprint density at radius 3 is 2.20 bits per heavy atom. The summed E-state index contributed by atoms with van der Waals surface area (Å²) < 4.78 is 29.9. The van der Waals surface area contributed by atoms with Crippen molar-refractivity contribution < 1.29 is 13.0 Å². The van der Waals surface area contributed by atoms with Crippen molar-refractivity contribution >= 4 is 27.1 Å². The monoisotopic (exact) mass is 300 g/mol. The number of hydrogen-bond acceptors (Lipinski definition) is 3. The van der Waals surface area contributed by atoms with E-state index in [0.29, 0.717) is 6.42 Å². The lowest BCUT2D eigenvalue weighted by atomic mass is 10.4. The maximum absolute atomic E-state index is 9.95. The molecular weight excluding hydrogens is 284 g/mol. The van der Waals surface area contributed by atoms with Crippen LogP contribution in [0, 0.1) is 0 Å². The molecule has 0 aliphatic carbocycles. The van der Waals surface area contributed by atoms with Crippen LogP contribution in [-0.4, -0.2) is 28.3 Å². The van der Waals surface area contributed by atoms with E-state index in [-0.39, 0.29) is 22.7 Å². The maximum atomic E-state index is 9.95. The van der Waals surface area contributed by atoms with Gasteiger partial charge in [0.15, 0.2) is 0 Å². The first-order valence-corrected chi connectivity index (χ1v) is 5.93. The third-order valence-corrected chi connectivity index (χ3v) is 2.20. The van der Waals surface area contributed by atoms with Crippen molar-refractivity contribution in [2.75, 3.05) is 5.75 Å². The summed E-state index contributed by atoms with van der Waals surface area (Å²) in [7, 11) is -1.75. The highest BCUT2D eigenvalue weighted by atomic mass is 79.9. The SMILES string of the molecule is Br.CCCCS(=O)(=O)O.Cn1ccnc1. The topological polar surface area (TPSA) is 72.2 Å². The Hall–Kier alpha value is -0.400. The number of unbranched alkanes of at least 4 members (excludes halogenated alkanes) is 1. The van der Waals surface area contributed by atoms with E-state index in [1.165, 1.54) is 0 Å². The lowest BCUT2D eigenvalue weighted by Crippen LogP contribution is -2.02. The van der Waals surface area contributed by atoms with Gasteiger partial charge in [-0.25, -0.2) is 4.98 Å². The van der Waals surface area contributed by atoms with Crippen LogP contribution in [0.15, 0.2) is 18.7 Å². The van der Waals surface area contributed by atoms with Gasteiger partial charge in [0.05, 0.1) is 12.1 Å². The van der Waals surface area contributed by atoms with Crippen molar-refractivity contribution in [2.45, 2.75) is 19.8 Å². The third-order valence-electron chi connectivity index (χ3n) is 1.39. The Kier molecular flexibility index (Phi) is 10.1. The molecule has 0 aliphatic rings. The molecule has 15 heavy (non-hydrogen) atoms. The maximum Gasteiger partial charge on any atom is 0.264 e. The van der Waals surface area contributed by atoms with Crippen LogP contribution in [0.4, 0.5) is 0 Å². The van der Waals surface area contributed by atoms with E-state index in [1.54, 1.807) is 12.5 Å². The van der Waals surface area contributed by atoms with E-state index in [2.05, 4.69) is 4.98 Å². The van der Waals surface area contributed by atoms with E-state index in [1.807, 2.05) is 24.7 Å². The molecule has 0 unspecified atom stereocenters. The van der Waals surface area contributed by atoms with Gasteiger partial charge in [-0.2, -0.15) is 8.42 Å². The van der Waals surface area contributed by atoms with Crippen molar-refractivity contribution in [1.82, 2.24) is 9.55 Å². The average Bonchev–Trinajstić information content (AvgIpc) is 2.52. The molecule has 1 rings (SSSR count). The molecule has 0 atom stereocenters. The molecule has 1 N–H and O–H groups in total. The highest BCUT2D eigenvalue weighted by Crippen LogP contribution is 1.90. The Balaban J connectivity index is 0. The van der Waals surface area contributed by atoms with Crippen LogP contribution < -0.4 is 0 Å². The predicted octanol–water partition coefficient (Wildman–Crippen LogP) is 1.67. The van der Waals surface area contributed by atoms with Crippen molar-refractivity contribution in [1.29, 1.82) is 0 Å². The first-order valence-electron chi connectivity index (χ1n) is 4.33. The summed E-state index contributed by atoms with van der Waals surface area (Å²) in [5.41, 5.74) is 0. The fraction of sp³-hybridized carbons (Fsp3) is 0.625. The zero-order valence-electron chi connectivity index (χ0n) is 8.83. The van der Waals surface area contributed by atoms with E-state index in [4.69, 9.17) is 4.55 Å². The second-order valence-electron chi connectivity index (χ2n) is 2.87. The molecule has 0 amide bonds. The summed E-state index contributed by atoms with van der Waals surface area (Å²) in [6.07, 6.45) is 6.72. The summed E-state index contributed by atoms with van der Waals surface area (Å²) in [5, 5.41) is 0. The van der Waals surface area contributed by atoms with Gasteiger partial charge in [-0.15, -0.1) is 17.0 Å². The van der Waals surface area contributed by atoms with E-state index in [0.717, 1.165) is 6.42 Å². The highest BCUT2D eigenvalue weighted by molar-refractivity contribution is 8.93. The molecule has 0 aromatic carbocycles. The van der Waals surface area contributed by atoms with Crippen LogP contribution >= 0.6 is 17.0 Å². The van der Waals surface area contributed by atoms with Gasteiger partial charge in [0, 0.05) is 19.4 Å². The molecule has 1 heterocycles. The highest BCUT2D eigenvalue weighted by Gasteiger charge is 2.00. The first kappa shape index (κ1) is 17.0. The molecule has 7 heteroatoms. The molecule has 0 spiro atoms. The van der Waals surface area contributed by atoms with Crippen molar-refractivity contribution in [2.24, 2.45) is 7.05 Å². The molecule has 90 valence electrons. The molecule has 0 bridgehead atoms. The fourth-order valence-corrected chi connectivity index (χ4v) is 1.31. The third kappa shape index (κ3) is 13.6. The molecule has 1 aromatic heterocycles. The number of halogens is 1. The van der Waals surface area contributed by atoms with Crippen molar-refractivity contribution in [3.63, 3.8) is 0 Å². The molecule has 0 radical (unpaired) electrons. The molecular formula is C8H17BrN2O3S. The standard InChI is InChI=1S/C4H6N2.C4H10O3S.BrH/c1-6-3-2-5-4-6;1-2-3-4-8(5,6)7;/h2-4H,1H3;2-4H2,1H3,(H,5,6,7);1H. The molecule has 1 aromatic rings. The summed E-state index contributed by atoms with van der Waals surface area (Å²) in [6, 6.07) is 0. The van der Waals surface area contributed by atoms with Crippen LogP contribution in [0.5, 0.6) is 0 Å². The van der Waals surface area contributed by atoms with Gasteiger partial charge in [0.2, 0.25) is 0 Å². The van der Waals surface area contributed by atoms with Gasteiger partial charge in [0.25, 0.3) is 10.1 Å². The summed E-state index contributed by atoms with van der Waals surface area (Å²) >= 11 is 0. The second kappa shape index (κ2) is 8.87. The minimum Gasteiger partial charge on any atom is -0.341 e. The zero-order chi connectivity index (χ0) is 11.0. The quantitative estimate of drug-likeness (QED) is 0.862. The summed E-state index contributed by atoms with van der Waals surface area (Å²) in [4.78, 5) is 3.78. The predicted molar refractivity (Wildman–Crippen MR) is 64.9 cm³/mol. The number of imidazole rings is 1. The lowest BCUT2D eigenvalue weighted by Gasteiger charge is -1.90. The zero-order valence-corrected chi connectivity index (χ0v) is 11.4. The minimum atomic E-state index is -3.69. The fourth-order valence-electron chi connectivity index (χ4n) is 0.653. The molecule has 0 saturated carbocycles. The minimum absolute atomic E-state index is 0. The summed E-state index contributed by atoms with van der Waals surface area (Å²) in [6.45, 7) is 1.87. The number of aromatic nitrogens is 2. The van der Waals surface area contributed by atoms with Crippen LogP contribution in [-0.2, 0) is 17.2 Å². The van der Waals surface area contributed by atoms with Gasteiger partial charge in [0.1, 0.15) is 0 Å². The second-order valence-corrected chi connectivity index (χ2v) is 4.44. The normalized spacial score (nSPS) is 9.80. The van der Waals surface area contributed by atoms with Gasteiger partial charge < -0.3 is 4.57 Å². The van der Waals surface area contributed by atoms with Crippen LogP contribution in [0.3, 0.4) is 0 Å². The largest absolute Gasteiger partial charge is 0.341 e.